The fraction of sp³-hybridized carbons (Fsp3) is 0.333. The van der Waals surface area contributed by atoms with E-state index in [1.165, 1.54) is 5.69 Å². The Bertz CT molecular complexity index is 672. The molecule has 1 aromatic heterocycles. The lowest BCUT2D eigenvalue weighted by Gasteiger charge is -2.33. The molecule has 6 heteroatoms. The van der Waals surface area contributed by atoms with E-state index in [-0.39, 0.29) is 6.03 Å². The van der Waals surface area contributed by atoms with E-state index < -0.39 is 0 Å². The van der Waals surface area contributed by atoms with Gasteiger partial charge in [-0.05, 0) is 43.0 Å². The average molecular weight is 345 g/mol. The first kappa shape index (κ1) is 16.6. The molecule has 1 aliphatic rings. The van der Waals surface area contributed by atoms with Crippen molar-refractivity contribution in [3.8, 4) is 0 Å². The van der Waals surface area contributed by atoms with Gasteiger partial charge in [-0.15, -0.1) is 0 Å². The zero-order valence-corrected chi connectivity index (χ0v) is 14.2. The number of carbonyl (C=O) groups is 1. The summed E-state index contributed by atoms with van der Waals surface area (Å²) in [4.78, 5) is 18.5. The summed E-state index contributed by atoms with van der Waals surface area (Å²) in [6.45, 7) is 2.66. The standard InChI is InChI=1S/C18H21ClN4O/c19-16-5-1-2-6-17(16)22-18(24)21-12-14-7-10-23(11-8-14)15-4-3-9-20-13-15/h1-6,9,13-14H,7-8,10-12H2,(H2,21,22,24). The van der Waals surface area contributed by atoms with Crippen LogP contribution in [0, 0.1) is 5.92 Å². The quantitative estimate of drug-likeness (QED) is 0.887. The van der Waals surface area contributed by atoms with E-state index in [4.69, 9.17) is 11.6 Å². The predicted molar refractivity (Wildman–Crippen MR) is 97.6 cm³/mol. The van der Waals surface area contributed by atoms with Crippen molar-refractivity contribution in [3.05, 3.63) is 53.8 Å². The molecule has 2 heterocycles. The fourth-order valence-corrected chi connectivity index (χ4v) is 3.09. The van der Waals surface area contributed by atoms with Gasteiger partial charge in [0.2, 0.25) is 0 Å². The molecule has 2 N–H and O–H groups in total. The molecule has 1 aliphatic heterocycles. The largest absolute Gasteiger partial charge is 0.370 e. The summed E-state index contributed by atoms with van der Waals surface area (Å²) < 4.78 is 0. The number of piperidine rings is 1. The molecule has 1 saturated heterocycles. The molecule has 3 rings (SSSR count). The maximum absolute atomic E-state index is 12.0. The highest BCUT2D eigenvalue weighted by atomic mass is 35.5. The van der Waals surface area contributed by atoms with Crippen LogP contribution in [0.2, 0.25) is 5.02 Å². The Balaban J connectivity index is 1.42. The minimum absolute atomic E-state index is 0.210. The molecule has 0 aliphatic carbocycles. The number of aromatic nitrogens is 1. The summed E-state index contributed by atoms with van der Waals surface area (Å²) in [5.41, 5.74) is 1.79. The molecule has 5 nitrogen and oxygen atoms in total. The zero-order chi connectivity index (χ0) is 16.8. The number of benzene rings is 1. The summed E-state index contributed by atoms with van der Waals surface area (Å²) >= 11 is 6.04. The lowest BCUT2D eigenvalue weighted by atomic mass is 9.96. The smallest absolute Gasteiger partial charge is 0.319 e. The van der Waals surface area contributed by atoms with Crippen LogP contribution < -0.4 is 15.5 Å². The van der Waals surface area contributed by atoms with E-state index in [2.05, 4.69) is 26.6 Å². The van der Waals surface area contributed by atoms with Gasteiger partial charge in [-0.1, -0.05) is 23.7 Å². The van der Waals surface area contributed by atoms with Crippen LogP contribution in [0.15, 0.2) is 48.8 Å². The van der Waals surface area contributed by atoms with Crippen LogP contribution in [0.4, 0.5) is 16.2 Å². The Kier molecular flexibility index (Phi) is 5.54. The van der Waals surface area contributed by atoms with Crippen LogP contribution in [0.1, 0.15) is 12.8 Å². The van der Waals surface area contributed by atoms with Crippen LogP contribution in [0.25, 0.3) is 0 Å². The molecule has 126 valence electrons. The van der Waals surface area contributed by atoms with Crippen LogP contribution in [-0.2, 0) is 0 Å². The van der Waals surface area contributed by atoms with E-state index in [9.17, 15) is 4.79 Å². The Morgan fingerprint density at radius 1 is 1.21 bits per heavy atom. The third-order valence-electron chi connectivity index (χ3n) is 4.30. The molecular weight excluding hydrogens is 324 g/mol. The van der Waals surface area contributed by atoms with Gasteiger partial charge < -0.3 is 15.5 Å². The van der Waals surface area contributed by atoms with E-state index in [0.29, 0.717) is 23.2 Å². The van der Waals surface area contributed by atoms with E-state index in [0.717, 1.165) is 25.9 Å². The van der Waals surface area contributed by atoms with E-state index in [1.807, 2.05) is 24.4 Å². The maximum atomic E-state index is 12.0. The van der Waals surface area contributed by atoms with Crippen LogP contribution in [0.5, 0.6) is 0 Å². The number of halogens is 1. The van der Waals surface area contributed by atoms with Crippen molar-refractivity contribution in [1.82, 2.24) is 10.3 Å². The number of nitrogens with one attached hydrogen (secondary N) is 2. The van der Waals surface area contributed by atoms with Gasteiger partial charge in [0, 0.05) is 25.8 Å². The zero-order valence-electron chi connectivity index (χ0n) is 13.4. The minimum Gasteiger partial charge on any atom is -0.370 e. The molecule has 2 amide bonds. The average Bonchev–Trinajstić information content (AvgIpc) is 2.63. The van der Waals surface area contributed by atoms with Crippen molar-refractivity contribution >= 4 is 29.0 Å². The number of pyridine rings is 1. The summed E-state index contributed by atoms with van der Waals surface area (Å²) in [5.74, 6) is 0.495. The first-order valence-electron chi connectivity index (χ1n) is 8.17. The normalized spacial score (nSPS) is 15.1. The molecule has 1 aromatic carbocycles. The third kappa shape index (κ3) is 4.38. The molecule has 0 spiro atoms. The fourth-order valence-electron chi connectivity index (χ4n) is 2.90. The Morgan fingerprint density at radius 3 is 2.71 bits per heavy atom. The number of nitrogens with zero attached hydrogens (tertiary/aromatic N) is 2. The van der Waals surface area contributed by atoms with Crippen LogP contribution in [-0.4, -0.2) is 30.6 Å². The Hall–Kier alpha value is -2.27. The molecule has 0 saturated carbocycles. The third-order valence-corrected chi connectivity index (χ3v) is 4.63. The van der Waals surface area contributed by atoms with Gasteiger partial charge in [-0.3, -0.25) is 4.98 Å². The number of rotatable bonds is 4. The molecule has 1 fully saturated rings. The van der Waals surface area contributed by atoms with E-state index >= 15 is 0 Å². The molecular formula is C18H21ClN4O. The lowest BCUT2D eigenvalue weighted by Crippen LogP contribution is -2.39. The number of urea groups is 1. The summed E-state index contributed by atoms with van der Waals surface area (Å²) in [6.07, 6.45) is 5.80. The first-order chi connectivity index (χ1) is 11.7. The van der Waals surface area contributed by atoms with Gasteiger partial charge in [0.05, 0.1) is 22.6 Å². The Labute approximate surface area is 147 Å². The first-order valence-corrected chi connectivity index (χ1v) is 8.54. The lowest BCUT2D eigenvalue weighted by molar-refractivity contribution is 0.248. The van der Waals surface area contributed by atoms with Gasteiger partial charge in [0.15, 0.2) is 0 Å². The number of carbonyl (C=O) groups excluding carboxylic acids is 1. The van der Waals surface area contributed by atoms with Crippen molar-refractivity contribution in [2.45, 2.75) is 12.8 Å². The number of para-hydroxylation sites is 1. The molecule has 0 bridgehead atoms. The van der Waals surface area contributed by atoms with Gasteiger partial charge in [-0.2, -0.15) is 0 Å². The molecule has 0 radical (unpaired) electrons. The van der Waals surface area contributed by atoms with Crippen molar-refractivity contribution in [1.29, 1.82) is 0 Å². The number of amides is 2. The molecule has 2 aromatic rings. The second kappa shape index (κ2) is 8.02. The summed E-state index contributed by atoms with van der Waals surface area (Å²) in [7, 11) is 0. The number of anilines is 2. The highest BCUT2D eigenvalue weighted by molar-refractivity contribution is 6.33. The Morgan fingerprint density at radius 2 is 2.00 bits per heavy atom. The monoisotopic (exact) mass is 344 g/mol. The topological polar surface area (TPSA) is 57.3 Å². The van der Waals surface area contributed by atoms with E-state index in [1.54, 1.807) is 18.3 Å². The van der Waals surface area contributed by atoms with Gasteiger partial charge >= 0.3 is 6.03 Å². The van der Waals surface area contributed by atoms with Crippen molar-refractivity contribution in [2.24, 2.45) is 5.92 Å². The van der Waals surface area contributed by atoms with Crippen molar-refractivity contribution in [3.63, 3.8) is 0 Å². The second-order valence-corrected chi connectivity index (χ2v) is 6.36. The van der Waals surface area contributed by atoms with Gasteiger partial charge in [-0.25, -0.2) is 4.79 Å². The highest BCUT2D eigenvalue weighted by Crippen LogP contribution is 2.22. The minimum atomic E-state index is -0.210. The van der Waals surface area contributed by atoms with Crippen LogP contribution >= 0.6 is 11.6 Å². The molecule has 0 unspecified atom stereocenters. The van der Waals surface area contributed by atoms with Crippen molar-refractivity contribution in [2.75, 3.05) is 29.9 Å². The summed E-state index contributed by atoms with van der Waals surface area (Å²) in [6, 6.07) is 11.1. The number of hydrogen-bond donors (Lipinski definition) is 2. The maximum Gasteiger partial charge on any atom is 0.319 e. The SMILES string of the molecule is O=C(NCC1CCN(c2cccnc2)CC1)Nc1ccccc1Cl. The predicted octanol–water partition coefficient (Wildman–Crippen LogP) is 3.77. The molecule has 0 atom stereocenters. The van der Waals surface area contributed by atoms with Gasteiger partial charge in [0.25, 0.3) is 0 Å². The highest BCUT2D eigenvalue weighted by Gasteiger charge is 2.20. The summed E-state index contributed by atoms with van der Waals surface area (Å²) in [5, 5.41) is 6.27. The van der Waals surface area contributed by atoms with Crippen molar-refractivity contribution < 1.29 is 4.79 Å². The van der Waals surface area contributed by atoms with Crippen LogP contribution in [0.3, 0.4) is 0 Å². The second-order valence-electron chi connectivity index (χ2n) is 5.96. The molecule has 24 heavy (non-hydrogen) atoms. The van der Waals surface area contributed by atoms with Gasteiger partial charge in [0.1, 0.15) is 0 Å². The number of hydrogen-bond acceptors (Lipinski definition) is 3.